The first-order valence-corrected chi connectivity index (χ1v) is 6.25. The zero-order valence-electron chi connectivity index (χ0n) is 10.7. The highest BCUT2D eigenvalue weighted by atomic mass is 16.5. The summed E-state index contributed by atoms with van der Waals surface area (Å²) in [4.78, 5) is 6.61. The van der Waals surface area contributed by atoms with Crippen LogP contribution >= 0.6 is 0 Å². The van der Waals surface area contributed by atoms with Crippen molar-refractivity contribution in [2.75, 3.05) is 26.2 Å². The molecule has 0 aliphatic carbocycles. The first-order chi connectivity index (χ1) is 8.20. The van der Waals surface area contributed by atoms with Gasteiger partial charge in [-0.05, 0) is 13.8 Å². The van der Waals surface area contributed by atoms with E-state index in [-0.39, 0.29) is 6.10 Å². The van der Waals surface area contributed by atoms with Crippen LogP contribution in [0.2, 0.25) is 0 Å². The molecule has 0 bridgehead atoms. The fourth-order valence-corrected chi connectivity index (χ4v) is 2.22. The van der Waals surface area contributed by atoms with Crippen LogP contribution in [0, 0.1) is 0 Å². The van der Waals surface area contributed by atoms with E-state index in [1.54, 1.807) is 0 Å². The van der Waals surface area contributed by atoms with Crippen molar-refractivity contribution in [2.45, 2.75) is 32.5 Å². The highest BCUT2D eigenvalue weighted by Gasteiger charge is 2.20. The van der Waals surface area contributed by atoms with Gasteiger partial charge in [0, 0.05) is 38.4 Å². The van der Waals surface area contributed by atoms with E-state index in [0.717, 1.165) is 26.2 Å². The maximum atomic E-state index is 5.65. The Morgan fingerprint density at radius 3 is 3.12 bits per heavy atom. The summed E-state index contributed by atoms with van der Waals surface area (Å²) >= 11 is 0. The number of ether oxygens (including phenoxy) is 1. The Kier molecular flexibility index (Phi) is 4.15. The van der Waals surface area contributed by atoms with E-state index in [1.165, 1.54) is 5.69 Å². The summed E-state index contributed by atoms with van der Waals surface area (Å²) < 4.78 is 7.78. The summed E-state index contributed by atoms with van der Waals surface area (Å²) in [5.41, 5.74) is 6.91. The summed E-state index contributed by atoms with van der Waals surface area (Å²) in [5, 5.41) is 0. The minimum atomic E-state index is 0.180. The third kappa shape index (κ3) is 3.06. The molecule has 0 aromatic carbocycles. The number of morpholine rings is 1. The minimum Gasteiger partial charge on any atom is -0.374 e. The van der Waals surface area contributed by atoms with E-state index in [4.69, 9.17) is 10.5 Å². The van der Waals surface area contributed by atoms with Gasteiger partial charge in [0.25, 0.3) is 0 Å². The van der Waals surface area contributed by atoms with Gasteiger partial charge in [0.2, 0.25) is 0 Å². The Balaban J connectivity index is 1.98. The second-order valence-electron chi connectivity index (χ2n) is 4.85. The lowest BCUT2D eigenvalue weighted by atomic mass is 10.2. The van der Waals surface area contributed by atoms with Crippen LogP contribution in [-0.2, 0) is 11.3 Å². The molecule has 1 fully saturated rings. The van der Waals surface area contributed by atoms with E-state index >= 15 is 0 Å². The minimum absolute atomic E-state index is 0.180. The van der Waals surface area contributed by atoms with Crippen LogP contribution < -0.4 is 5.73 Å². The molecule has 1 aromatic rings. The molecule has 1 saturated heterocycles. The van der Waals surface area contributed by atoms with E-state index in [9.17, 15) is 0 Å². The molecule has 0 spiro atoms. The summed E-state index contributed by atoms with van der Waals surface area (Å²) in [6.07, 6.45) is 4.03. The Labute approximate surface area is 103 Å². The summed E-state index contributed by atoms with van der Waals surface area (Å²) in [5.74, 6) is 0. The van der Waals surface area contributed by atoms with Crippen molar-refractivity contribution in [3.63, 3.8) is 0 Å². The molecule has 0 radical (unpaired) electrons. The van der Waals surface area contributed by atoms with E-state index in [2.05, 4.69) is 28.3 Å². The first kappa shape index (κ1) is 12.5. The van der Waals surface area contributed by atoms with Gasteiger partial charge < -0.3 is 15.0 Å². The smallest absolute Gasteiger partial charge is 0.0951 e. The molecular weight excluding hydrogens is 216 g/mol. The van der Waals surface area contributed by atoms with Crippen LogP contribution in [0.4, 0.5) is 0 Å². The number of aromatic nitrogens is 2. The second-order valence-corrected chi connectivity index (χ2v) is 4.85. The van der Waals surface area contributed by atoms with E-state index in [0.29, 0.717) is 12.6 Å². The standard InChI is InChI=1S/C12H22N4O/c1-10(2)16-9-14-6-11(16)7-15-3-4-17-12(5-13)8-15/h6,9-10,12H,3-5,7-8,13H2,1-2H3. The van der Waals surface area contributed by atoms with Gasteiger partial charge in [-0.3, -0.25) is 4.90 Å². The normalized spacial score (nSPS) is 22.2. The number of hydrogen-bond acceptors (Lipinski definition) is 4. The number of rotatable bonds is 4. The van der Waals surface area contributed by atoms with Crippen molar-refractivity contribution in [1.29, 1.82) is 0 Å². The molecule has 0 saturated carbocycles. The molecule has 1 atom stereocenters. The summed E-state index contributed by atoms with van der Waals surface area (Å²) in [7, 11) is 0. The van der Waals surface area contributed by atoms with Gasteiger partial charge in [-0.1, -0.05) is 0 Å². The van der Waals surface area contributed by atoms with Crippen LogP contribution in [0.5, 0.6) is 0 Å². The van der Waals surface area contributed by atoms with Crippen LogP contribution in [-0.4, -0.2) is 46.8 Å². The molecule has 0 amide bonds. The molecule has 1 aromatic heterocycles. The van der Waals surface area contributed by atoms with Gasteiger partial charge in [0.15, 0.2) is 0 Å². The molecular formula is C12H22N4O. The van der Waals surface area contributed by atoms with Gasteiger partial charge >= 0.3 is 0 Å². The highest BCUT2D eigenvalue weighted by molar-refractivity contribution is 5.00. The maximum absolute atomic E-state index is 5.65. The lowest BCUT2D eigenvalue weighted by Crippen LogP contribution is -2.45. The molecule has 2 heterocycles. The molecule has 17 heavy (non-hydrogen) atoms. The zero-order valence-corrected chi connectivity index (χ0v) is 10.7. The largest absolute Gasteiger partial charge is 0.374 e. The average Bonchev–Trinajstić information content (AvgIpc) is 2.77. The fraction of sp³-hybridized carbons (Fsp3) is 0.750. The second kappa shape index (κ2) is 5.62. The molecule has 5 heteroatoms. The Morgan fingerprint density at radius 1 is 1.59 bits per heavy atom. The molecule has 2 rings (SSSR count). The number of nitrogens with zero attached hydrogens (tertiary/aromatic N) is 3. The van der Waals surface area contributed by atoms with Crippen molar-refractivity contribution < 1.29 is 4.74 Å². The van der Waals surface area contributed by atoms with Crippen molar-refractivity contribution in [3.8, 4) is 0 Å². The summed E-state index contributed by atoms with van der Waals surface area (Å²) in [6.45, 7) is 8.54. The van der Waals surface area contributed by atoms with Crippen LogP contribution in [0.25, 0.3) is 0 Å². The van der Waals surface area contributed by atoms with Crippen molar-refractivity contribution in [3.05, 3.63) is 18.2 Å². The first-order valence-electron chi connectivity index (χ1n) is 6.25. The van der Waals surface area contributed by atoms with Crippen LogP contribution in [0.3, 0.4) is 0 Å². The molecule has 1 aliphatic heterocycles. The molecule has 96 valence electrons. The van der Waals surface area contributed by atoms with Gasteiger partial charge in [-0.15, -0.1) is 0 Å². The SMILES string of the molecule is CC(C)n1cncc1CN1CCOC(CN)C1. The average molecular weight is 238 g/mol. The van der Waals surface area contributed by atoms with E-state index < -0.39 is 0 Å². The van der Waals surface area contributed by atoms with E-state index in [1.807, 2.05) is 12.5 Å². The highest BCUT2D eigenvalue weighted by Crippen LogP contribution is 2.13. The Hall–Kier alpha value is -0.910. The predicted octanol–water partition coefficient (Wildman–Crippen LogP) is 0.624. The molecule has 5 nitrogen and oxygen atoms in total. The quantitative estimate of drug-likeness (QED) is 0.835. The predicted molar refractivity (Wildman–Crippen MR) is 66.7 cm³/mol. The lowest BCUT2D eigenvalue weighted by molar-refractivity contribution is -0.0267. The third-order valence-electron chi connectivity index (χ3n) is 3.17. The van der Waals surface area contributed by atoms with Gasteiger partial charge in [-0.2, -0.15) is 0 Å². The fourth-order valence-electron chi connectivity index (χ4n) is 2.22. The Morgan fingerprint density at radius 2 is 2.41 bits per heavy atom. The zero-order chi connectivity index (χ0) is 12.3. The van der Waals surface area contributed by atoms with Crippen molar-refractivity contribution in [2.24, 2.45) is 5.73 Å². The monoisotopic (exact) mass is 238 g/mol. The van der Waals surface area contributed by atoms with Crippen molar-refractivity contribution >= 4 is 0 Å². The number of imidazole rings is 1. The van der Waals surface area contributed by atoms with Gasteiger partial charge in [0.05, 0.1) is 24.7 Å². The molecule has 1 aliphatic rings. The maximum Gasteiger partial charge on any atom is 0.0951 e. The van der Waals surface area contributed by atoms with Gasteiger partial charge in [-0.25, -0.2) is 4.98 Å². The van der Waals surface area contributed by atoms with Crippen LogP contribution in [0.1, 0.15) is 25.6 Å². The molecule has 2 N–H and O–H groups in total. The summed E-state index contributed by atoms with van der Waals surface area (Å²) in [6, 6.07) is 0.457. The van der Waals surface area contributed by atoms with Crippen molar-refractivity contribution in [1.82, 2.24) is 14.5 Å². The topological polar surface area (TPSA) is 56.3 Å². The number of hydrogen-bond donors (Lipinski definition) is 1. The number of nitrogens with two attached hydrogens (primary N) is 1. The van der Waals surface area contributed by atoms with Gasteiger partial charge in [0.1, 0.15) is 0 Å². The Bertz CT molecular complexity index is 350. The lowest BCUT2D eigenvalue weighted by Gasteiger charge is -2.32. The third-order valence-corrected chi connectivity index (χ3v) is 3.17. The van der Waals surface area contributed by atoms with Crippen LogP contribution in [0.15, 0.2) is 12.5 Å². The molecule has 1 unspecified atom stereocenters.